The second-order valence-corrected chi connectivity index (χ2v) is 4.32. The number of benzene rings is 1. The van der Waals surface area contributed by atoms with Gasteiger partial charge in [0.25, 0.3) is 0 Å². The first kappa shape index (κ1) is 17.7. The average Bonchev–Trinajstić information content (AvgIpc) is 2.32. The molecule has 108 valence electrons. The molecule has 0 spiro atoms. The molecule has 1 aromatic carbocycles. The Morgan fingerprint density at radius 2 is 2.00 bits per heavy atom. The van der Waals surface area contributed by atoms with Gasteiger partial charge in [0.1, 0.15) is 5.75 Å². The molecule has 5 heteroatoms. The average molecular weight is 287 g/mol. The number of rotatable bonds is 7. The van der Waals surface area contributed by atoms with Crippen LogP contribution in [0.2, 0.25) is 0 Å². The Balaban J connectivity index is 0.00000324. The standard InChI is InChI=1S/C14H22N2O2.ClH/c1-11-4-5-13(12(2)10-11)18-9-6-14(17)16-8-7-15-3;/h4-5,10,15H,6-9H2,1-3H3,(H,16,17);1H. The van der Waals surface area contributed by atoms with Crippen molar-refractivity contribution in [3.63, 3.8) is 0 Å². The van der Waals surface area contributed by atoms with Crippen LogP contribution in [0.3, 0.4) is 0 Å². The minimum atomic E-state index is 0. The Morgan fingerprint density at radius 1 is 1.26 bits per heavy atom. The van der Waals surface area contributed by atoms with Gasteiger partial charge >= 0.3 is 0 Å². The van der Waals surface area contributed by atoms with Crippen LogP contribution < -0.4 is 15.4 Å². The molecular weight excluding hydrogens is 264 g/mol. The number of aryl methyl sites for hydroxylation is 2. The largest absolute Gasteiger partial charge is 0.493 e. The Kier molecular flexibility index (Phi) is 9.00. The van der Waals surface area contributed by atoms with Crippen LogP contribution in [-0.2, 0) is 4.79 Å². The summed E-state index contributed by atoms with van der Waals surface area (Å²) in [6.45, 7) is 5.90. The van der Waals surface area contributed by atoms with Crippen molar-refractivity contribution in [3.05, 3.63) is 29.3 Å². The van der Waals surface area contributed by atoms with E-state index in [1.165, 1.54) is 5.56 Å². The minimum absolute atomic E-state index is 0. The van der Waals surface area contributed by atoms with E-state index in [0.29, 0.717) is 19.6 Å². The molecule has 1 aromatic rings. The third-order valence-electron chi connectivity index (χ3n) is 2.61. The van der Waals surface area contributed by atoms with Gasteiger partial charge in [0.2, 0.25) is 5.91 Å². The monoisotopic (exact) mass is 286 g/mol. The quantitative estimate of drug-likeness (QED) is 0.752. The number of likely N-dealkylation sites (N-methyl/N-ethyl adjacent to an activating group) is 1. The molecule has 0 saturated heterocycles. The van der Waals surface area contributed by atoms with Gasteiger partial charge in [-0.05, 0) is 32.5 Å². The minimum Gasteiger partial charge on any atom is -0.493 e. The molecule has 1 rings (SSSR count). The number of halogens is 1. The van der Waals surface area contributed by atoms with Crippen LogP contribution in [-0.4, -0.2) is 32.7 Å². The Bertz CT molecular complexity index is 397. The smallest absolute Gasteiger partial charge is 0.223 e. The third-order valence-corrected chi connectivity index (χ3v) is 2.61. The second kappa shape index (κ2) is 9.64. The summed E-state index contributed by atoms with van der Waals surface area (Å²) in [5.74, 6) is 0.874. The van der Waals surface area contributed by atoms with Crippen molar-refractivity contribution in [2.45, 2.75) is 20.3 Å². The predicted octanol–water partition coefficient (Wildman–Crippen LogP) is 1.83. The van der Waals surface area contributed by atoms with E-state index < -0.39 is 0 Å². The molecular formula is C14H23ClN2O2. The number of carbonyl (C=O) groups is 1. The molecule has 0 aliphatic carbocycles. The highest BCUT2D eigenvalue weighted by molar-refractivity contribution is 5.85. The first-order chi connectivity index (χ1) is 8.63. The van der Waals surface area contributed by atoms with Gasteiger partial charge in [-0.2, -0.15) is 0 Å². The van der Waals surface area contributed by atoms with Gasteiger partial charge in [0.05, 0.1) is 13.0 Å². The maximum Gasteiger partial charge on any atom is 0.223 e. The van der Waals surface area contributed by atoms with Gasteiger partial charge in [-0.1, -0.05) is 17.7 Å². The van der Waals surface area contributed by atoms with Crippen LogP contribution in [0.1, 0.15) is 17.5 Å². The molecule has 0 atom stereocenters. The van der Waals surface area contributed by atoms with E-state index in [1.807, 2.05) is 33.0 Å². The van der Waals surface area contributed by atoms with Gasteiger partial charge in [-0.25, -0.2) is 0 Å². The fourth-order valence-corrected chi connectivity index (χ4v) is 1.63. The number of hydrogen-bond donors (Lipinski definition) is 2. The van der Waals surface area contributed by atoms with E-state index >= 15 is 0 Å². The second-order valence-electron chi connectivity index (χ2n) is 4.32. The molecule has 0 aromatic heterocycles. The lowest BCUT2D eigenvalue weighted by molar-refractivity contribution is -0.121. The lowest BCUT2D eigenvalue weighted by Crippen LogP contribution is -2.31. The molecule has 2 N–H and O–H groups in total. The maximum atomic E-state index is 11.4. The topological polar surface area (TPSA) is 50.4 Å². The van der Waals surface area contributed by atoms with Gasteiger partial charge in [0, 0.05) is 13.1 Å². The first-order valence-electron chi connectivity index (χ1n) is 6.25. The Hall–Kier alpha value is -1.26. The molecule has 0 unspecified atom stereocenters. The van der Waals surface area contributed by atoms with Crippen molar-refractivity contribution in [1.29, 1.82) is 0 Å². The van der Waals surface area contributed by atoms with Gasteiger partial charge in [-0.15, -0.1) is 12.4 Å². The summed E-state index contributed by atoms with van der Waals surface area (Å²) in [6, 6.07) is 6.03. The van der Waals surface area contributed by atoms with E-state index in [4.69, 9.17) is 4.74 Å². The molecule has 0 aliphatic heterocycles. The summed E-state index contributed by atoms with van der Waals surface area (Å²) in [5, 5.41) is 5.78. The molecule has 1 amide bonds. The molecule has 4 nitrogen and oxygen atoms in total. The van der Waals surface area contributed by atoms with Crippen LogP contribution in [0.25, 0.3) is 0 Å². The van der Waals surface area contributed by atoms with E-state index in [9.17, 15) is 4.79 Å². The third kappa shape index (κ3) is 7.03. The number of ether oxygens (including phenoxy) is 1. The molecule has 0 radical (unpaired) electrons. The zero-order valence-electron chi connectivity index (χ0n) is 11.8. The van der Waals surface area contributed by atoms with Gasteiger partial charge in [0.15, 0.2) is 0 Å². The molecule has 0 aliphatic rings. The molecule has 0 bridgehead atoms. The van der Waals surface area contributed by atoms with Crippen LogP contribution >= 0.6 is 12.4 Å². The van der Waals surface area contributed by atoms with Crippen LogP contribution in [0.5, 0.6) is 5.75 Å². The summed E-state index contributed by atoms with van der Waals surface area (Å²) in [7, 11) is 1.86. The fraction of sp³-hybridized carbons (Fsp3) is 0.500. The lowest BCUT2D eigenvalue weighted by atomic mass is 10.1. The lowest BCUT2D eigenvalue weighted by Gasteiger charge is -2.10. The number of hydrogen-bond acceptors (Lipinski definition) is 3. The van der Waals surface area contributed by atoms with Crippen molar-refractivity contribution in [2.75, 3.05) is 26.7 Å². The van der Waals surface area contributed by atoms with Crippen molar-refractivity contribution >= 4 is 18.3 Å². The number of carbonyl (C=O) groups excluding carboxylic acids is 1. The maximum absolute atomic E-state index is 11.4. The summed E-state index contributed by atoms with van der Waals surface area (Å²) in [5.41, 5.74) is 2.32. The first-order valence-corrected chi connectivity index (χ1v) is 6.25. The Labute approximate surface area is 121 Å². The highest BCUT2D eigenvalue weighted by Gasteiger charge is 2.03. The zero-order chi connectivity index (χ0) is 13.4. The molecule has 19 heavy (non-hydrogen) atoms. The van der Waals surface area contributed by atoms with Gasteiger partial charge in [-0.3, -0.25) is 4.79 Å². The summed E-state index contributed by atoms with van der Waals surface area (Å²) in [4.78, 5) is 11.4. The van der Waals surface area contributed by atoms with E-state index in [1.54, 1.807) is 0 Å². The molecule has 0 saturated carbocycles. The zero-order valence-corrected chi connectivity index (χ0v) is 12.6. The summed E-state index contributed by atoms with van der Waals surface area (Å²) in [6.07, 6.45) is 0.386. The van der Waals surface area contributed by atoms with E-state index in [-0.39, 0.29) is 18.3 Å². The Morgan fingerprint density at radius 3 is 2.63 bits per heavy atom. The SMILES string of the molecule is CNCCNC(=O)CCOc1ccc(C)cc1C.Cl. The van der Waals surface area contributed by atoms with Crippen molar-refractivity contribution in [2.24, 2.45) is 0 Å². The van der Waals surface area contributed by atoms with E-state index in [0.717, 1.165) is 17.9 Å². The van der Waals surface area contributed by atoms with Crippen LogP contribution in [0.4, 0.5) is 0 Å². The normalized spacial score (nSPS) is 9.63. The van der Waals surface area contributed by atoms with E-state index in [2.05, 4.69) is 16.7 Å². The number of nitrogens with one attached hydrogen (secondary N) is 2. The highest BCUT2D eigenvalue weighted by atomic mass is 35.5. The molecule has 0 heterocycles. The highest BCUT2D eigenvalue weighted by Crippen LogP contribution is 2.18. The number of amides is 1. The fourth-order valence-electron chi connectivity index (χ4n) is 1.63. The summed E-state index contributed by atoms with van der Waals surface area (Å²) >= 11 is 0. The summed E-state index contributed by atoms with van der Waals surface area (Å²) < 4.78 is 5.59. The van der Waals surface area contributed by atoms with Crippen molar-refractivity contribution in [3.8, 4) is 5.75 Å². The predicted molar refractivity (Wildman–Crippen MR) is 80.2 cm³/mol. The van der Waals surface area contributed by atoms with Crippen LogP contribution in [0, 0.1) is 13.8 Å². The molecule has 0 fully saturated rings. The van der Waals surface area contributed by atoms with Crippen molar-refractivity contribution in [1.82, 2.24) is 10.6 Å². The van der Waals surface area contributed by atoms with Crippen molar-refractivity contribution < 1.29 is 9.53 Å². The van der Waals surface area contributed by atoms with Gasteiger partial charge < -0.3 is 15.4 Å². The van der Waals surface area contributed by atoms with Crippen LogP contribution in [0.15, 0.2) is 18.2 Å².